The molecule has 0 spiro atoms. The molecule has 1 atom stereocenters. The predicted octanol–water partition coefficient (Wildman–Crippen LogP) is 3.08. The van der Waals surface area contributed by atoms with Crippen molar-refractivity contribution in [2.75, 3.05) is 14.1 Å². The molecular weight excluding hydrogens is 182 g/mol. The van der Waals surface area contributed by atoms with Crippen molar-refractivity contribution in [3.8, 4) is 0 Å². The molecule has 2 rings (SSSR count). The van der Waals surface area contributed by atoms with Crippen LogP contribution in [0.15, 0.2) is 48.1 Å². The lowest BCUT2D eigenvalue weighted by molar-refractivity contribution is 0.208. The Kier molecular flexibility index (Phi) is 2.92. The van der Waals surface area contributed by atoms with Crippen LogP contribution in [0.25, 0.3) is 0 Å². The van der Waals surface area contributed by atoms with Gasteiger partial charge >= 0.3 is 0 Å². The Morgan fingerprint density at radius 3 is 2.67 bits per heavy atom. The summed E-state index contributed by atoms with van der Waals surface area (Å²) in [5.74, 6) is 0. The molecule has 0 fully saturated rings. The van der Waals surface area contributed by atoms with Crippen molar-refractivity contribution < 1.29 is 0 Å². The molecule has 0 N–H and O–H groups in total. The summed E-state index contributed by atoms with van der Waals surface area (Å²) in [5.41, 5.74) is 1.67. The SMILES string of the molecule is CN(C)C1(CC2=CCC=C2)C=CC=CC1. The van der Waals surface area contributed by atoms with Gasteiger partial charge in [0.05, 0.1) is 0 Å². The first-order valence-corrected chi connectivity index (χ1v) is 5.60. The largest absolute Gasteiger partial charge is 0.300 e. The van der Waals surface area contributed by atoms with Crippen LogP contribution < -0.4 is 0 Å². The summed E-state index contributed by atoms with van der Waals surface area (Å²) in [4.78, 5) is 2.33. The second-order valence-electron chi connectivity index (χ2n) is 4.58. The Morgan fingerprint density at radius 1 is 1.27 bits per heavy atom. The number of rotatable bonds is 3. The number of nitrogens with zero attached hydrogens (tertiary/aromatic N) is 1. The van der Waals surface area contributed by atoms with Gasteiger partial charge in [-0.3, -0.25) is 4.90 Å². The van der Waals surface area contributed by atoms with Gasteiger partial charge < -0.3 is 0 Å². The molecule has 80 valence electrons. The zero-order chi connectivity index (χ0) is 10.7. The molecule has 0 amide bonds. The van der Waals surface area contributed by atoms with E-state index in [0.29, 0.717) is 0 Å². The van der Waals surface area contributed by atoms with Gasteiger partial charge in [0.25, 0.3) is 0 Å². The molecule has 0 bridgehead atoms. The molecule has 0 aliphatic heterocycles. The highest BCUT2D eigenvalue weighted by molar-refractivity contribution is 5.32. The third kappa shape index (κ3) is 2.13. The fourth-order valence-electron chi connectivity index (χ4n) is 2.27. The minimum atomic E-state index is 0.190. The van der Waals surface area contributed by atoms with E-state index < -0.39 is 0 Å². The van der Waals surface area contributed by atoms with Gasteiger partial charge in [0, 0.05) is 5.54 Å². The summed E-state index contributed by atoms with van der Waals surface area (Å²) < 4.78 is 0. The van der Waals surface area contributed by atoms with Crippen molar-refractivity contribution in [3.05, 3.63) is 48.1 Å². The zero-order valence-electron chi connectivity index (χ0n) is 9.61. The normalized spacial score (nSPS) is 28.9. The van der Waals surface area contributed by atoms with Crippen molar-refractivity contribution >= 4 is 0 Å². The zero-order valence-corrected chi connectivity index (χ0v) is 9.61. The highest BCUT2D eigenvalue weighted by atomic mass is 15.1. The summed E-state index contributed by atoms with van der Waals surface area (Å²) >= 11 is 0. The maximum absolute atomic E-state index is 2.33. The van der Waals surface area contributed by atoms with Crippen molar-refractivity contribution in [1.29, 1.82) is 0 Å². The Bertz CT molecular complexity index is 344. The van der Waals surface area contributed by atoms with E-state index in [1.54, 1.807) is 0 Å². The Hall–Kier alpha value is -1.08. The molecule has 2 aliphatic carbocycles. The molecule has 1 heteroatoms. The van der Waals surface area contributed by atoms with E-state index in [-0.39, 0.29) is 5.54 Å². The summed E-state index contributed by atoms with van der Waals surface area (Å²) in [6, 6.07) is 0. The second-order valence-corrected chi connectivity index (χ2v) is 4.58. The molecule has 0 aromatic heterocycles. The predicted molar refractivity (Wildman–Crippen MR) is 65.8 cm³/mol. The molecule has 1 unspecified atom stereocenters. The lowest BCUT2D eigenvalue weighted by Crippen LogP contribution is -2.42. The molecule has 0 saturated carbocycles. The Balaban J connectivity index is 2.16. The fraction of sp³-hybridized carbons (Fsp3) is 0.429. The smallest absolute Gasteiger partial charge is 0.0463 e. The minimum Gasteiger partial charge on any atom is -0.300 e. The van der Waals surface area contributed by atoms with Crippen LogP contribution in [0, 0.1) is 0 Å². The van der Waals surface area contributed by atoms with Crippen LogP contribution >= 0.6 is 0 Å². The average Bonchev–Trinajstić information content (AvgIpc) is 2.71. The molecule has 0 aromatic rings. The van der Waals surface area contributed by atoms with E-state index in [1.807, 2.05) is 0 Å². The van der Waals surface area contributed by atoms with Gasteiger partial charge in [-0.2, -0.15) is 0 Å². The molecule has 0 radical (unpaired) electrons. The average molecular weight is 201 g/mol. The molecule has 0 aromatic carbocycles. The number of hydrogen-bond acceptors (Lipinski definition) is 1. The summed E-state index contributed by atoms with van der Waals surface area (Å²) in [6.45, 7) is 0. The topological polar surface area (TPSA) is 3.24 Å². The molecule has 1 nitrogen and oxygen atoms in total. The van der Waals surface area contributed by atoms with Crippen LogP contribution in [-0.2, 0) is 0 Å². The first kappa shape index (κ1) is 10.4. The number of allylic oxidation sites excluding steroid dienone is 5. The standard InChI is InChI=1S/C14H19N/c1-15(2)14(10-6-3-7-11-14)12-13-8-4-5-9-13/h3-4,6-10H,5,11-12H2,1-2H3. The van der Waals surface area contributed by atoms with Crippen LogP contribution in [0.3, 0.4) is 0 Å². The van der Waals surface area contributed by atoms with Gasteiger partial charge in [0.2, 0.25) is 0 Å². The van der Waals surface area contributed by atoms with Gasteiger partial charge in [0.15, 0.2) is 0 Å². The summed E-state index contributed by atoms with van der Waals surface area (Å²) in [6.07, 6.45) is 19.1. The van der Waals surface area contributed by atoms with Crippen LogP contribution in [0.1, 0.15) is 19.3 Å². The van der Waals surface area contributed by atoms with Crippen LogP contribution in [0.5, 0.6) is 0 Å². The van der Waals surface area contributed by atoms with Gasteiger partial charge in [-0.1, -0.05) is 42.5 Å². The van der Waals surface area contributed by atoms with Crippen molar-refractivity contribution in [1.82, 2.24) is 4.90 Å². The van der Waals surface area contributed by atoms with Crippen molar-refractivity contribution in [2.24, 2.45) is 0 Å². The fourth-order valence-corrected chi connectivity index (χ4v) is 2.27. The first-order chi connectivity index (χ1) is 7.23. The third-order valence-electron chi connectivity index (χ3n) is 3.37. The summed E-state index contributed by atoms with van der Waals surface area (Å²) in [7, 11) is 4.34. The highest BCUT2D eigenvalue weighted by Gasteiger charge is 2.30. The van der Waals surface area contributed by atoms with Gasteiger partial charge in [-0.05, 0) is 38.9 Å². The Labute approximate surface area is 92.5 Å². The van der Waals surface area contributed by atoms with E-state index in [9.17, 15) is 0 Å². The summed E-state index contributed by atoms with van der Waals surface area (Å²) in [5, 5.41) is 0. The van der Waals surface area contributed by atoms with E-state index in [4.69, 9.17) is 0 Å². The maximum Gasteiger partial charge on any atom is 0.0463 e. The first-order valence-electron chi connectivity index (χ1n) is 5.60. The molecule has 15 heavy (non-hydrogen) atoms. The minimum absolute atomic E-state index is 0.190. The molecular formula is C14H19N. The third-order valence-corrected chi connectivity index (χ3v) is 3.37. The second kappa shape index (κ2) is 4.19. The van der Waals surface area contributed by atoms with Crippen molar-refractivity contribution in [2.45, 2.75) is 24.8 Å². The number of likely N-dealkylation sites (N-methyl/N-ethyl adjacent to an activating group) is 1. The lowest BCUT2D eigenvalue weighted by atomic mass is 9.84. The van der Waals surface area contributed by atoms with Crippen LogP contribution in [-0.4, -0.2) is 24.5 Å². The maximum atomic E-state index is 2.33. The Morgan fingerprint density at radius 2 is 2.13 bits per heavy atom. The van der Waals surface area contributed by atoms with E-state index >= 15 is 0 Å². The number of hydrogen-bond donors (Lipinski definition) is 0. The van der Waals surface area contributed by atoms with Gasteiger partial charge in [0.1, 0.15) is 0 Å². The molecule has 2 aliphatic rings. The van der Waals surface area contributed by atoms with Gasteiger partial charge in [-0.15, -0.1) is 0 Å². The van der Waals surface area contributed by atoms with E-state index in [1.165, 1.54) is 5.57 Å². The van der Waals surface area contributed by atoms with E-state index in [2.05, 4.69) is 61.5 Å². The van der Waals surface area contributed by atoms with Crippen LogP contribution in [0.2, 0.25) is 0 Å². The monoisotopic (exact) mass is 201 g/mol. The van der Waals surface area contributed by atoms with Crippen molar-refractivity contribution in [3.63, 3.8) is 0 Å². The van der Waals surface area contributed by atoms with Gasteiger partial charge in [-0.25, -0.2) is 0 Å². The highest BCUT2D eigenvalue weighted by Crippen LogP contribution is 2.32. The van der Waals surface area contributed by atoms with Crippen LogP contribution in [0.4, 0.5) is 0 Å². The van der Waals surface area contributed by atoms with E-state index in [0.717, 1.165) is 19.3 Å². The lowest BCUT2D eigenvalue weighted by Gasteiger charge is -2.38. The molecule has 0 heterocycles. The molecule has 0 saturated heterocycles. The quantitative estimate of drug-likeness (QED) is 0.678.